The minimum Gasteiger partial charge on any atom is -0.614 e. The number of hydrogen-bond donors (Lipinski definition) is 0. The fourth-order valence-electron chi connectivity index (χ4n) is 0.226. The van der Waals surface area contributed by atoms with Crippen molar-refractivity contribution >= 4 is 0 Å². The Hall–Kier alpha value is -0.660. The third kappa shape index (κ3) is 3.16. The molecule has 0 unspecified atom stereocenters. The molecule has 0 saturated heterocycles. The van der Waals surface area contributed by atoms with Crippen LogP contribution in [-0.4, -0.2) is 6.61 Å². The van der Waals surface area contributed by atoms with Crippen molar-refractivity contribution in [3.05, 3.63) is 12.0 Å². The van der Waals surface area contributed by atoms with E-state index in [0.717, 1.165) is 0 Å². The summed E-state index contributed by atoms with van der Waals surface area (Å²) >= 11 is 0. The van der Waals surface area contributed by atoms with Crippen molar-refractivity contribution < 1.29 is 9.84 Å². The summed E-state index contributed by atoms with van der Waals surface area (Å²) in [5, 5.41) is 10.1. The van der Waals surface area contributed by atoms with Crippen LogP contribution in [0.25, 0.3) is 0 Å². The van der Waals surface area contributed by atoms with Crippen molar-refractivity contribution in [3.63, 3.8) is 0 Å². The molecule has 0 rings (SSSR count). The largest absolute Gasteiger partial charge is 0.614 e. The highest BCUT2D eigenvalue weighted by atomic mass is 16.6. The lowest BCUT2D eigenvalue weighted by Gasteiger charge is -2.09. The maximum Gasteiger partial charge on any atom is 0.0468 e. The Balaban J connectivity index is 3.17. The fraction of sp³-hybridized carbons (Fsp3) is 0.600. The Bertz CT molecular complexity index is 66.5. The van der Waals surface area contributed by atoms with Gasteiger partial charge >= 0.3 is 0 Å². The average Bonchev–Trinajstić information content (AvgIpc) is 1.68. The highest BCUT2D eigenvalue weighted by Crippen LogP contribution is 1.82. The number of allylic oxidation sites excluding steroid dienone is 1. The topological polar surface area (TPSA) is 32.3 Å². The van der Waals surface area contributed by atoms with Crippen LogP contribution >= 0.6 is 0 Å². The molecule has 0 aromatic carbocycles. The molecule has 0 amide bonds. The second-order valence-corrected chi connectivity index (χ2v) is 1.04. The van der Waals surface area contributed by atoms with Crippen LogP contribution in [0, 0.1) is 0 Å². The second-order valence-electron chi connectivity index (χ2n) is 1.04. The van der Waals surface area contributed by atoms with Crippen LogP contribution in [0.3, 0.4) is 0 Å². The van der Waals surface area contributed by atoms with Crippen LogP contribution in [-0.2, 0) is 4.74 Å². The minimum absolute atomic E-state index is 0.248. The lowest BCUT2D eigenvalue weighted by molar-refractivity contribution is -0.356. The number of ether oxygens (including phenoxy) is 1. The van der Waals surface area contributed by atoms with Crippen LogP contribution < -0.4 is 5.11 Å². The van der Waals surface area contributed by atoms with Gasteiger partial charge in [0.25, 0.3) is 0 Å². The molecule has 42 valence electrons. The molecular weight excluding hydrogens is 92.1 g/mol. The SMILES string of the molecule is C/C=C(\[O-])OCC. The van der Waals surface area contributed by atoms with Gasteiger partial charge in [-0.05, 0) is 13.5 Å². The van der Waals surface area contributed by atoms with Gasteiger partial charge in [-0.2, -0.15) is 0 Å². The van der Waals surface area contributed by atoms with Crippen molar-refractivity contribution in [1.82, 2.24) is 0 Å². The highest BCUT2D eigenvalue weighted by Gasteiger charge is 1.67. The molecule has 2 heteroatoms. The molecule has 0 heterocycles. The Morgan fingerprint density at radius 1 is 1.86 bits per heavy atom. The van der Waals surface area contributed by atoms with Gasteiger partial charge in [-0.25, -0.2) is 0 Å². The van der Waals surface area contributed by atoms with Gasteiger partial charge in [0.05, 0.1) is 0 Å². The predicted octanol–water partition coefficient (Wildman–Crippen LogP) is 0.245. The molecule has 2 nitrogen and oxygen atoms in total. The first-order valence-corrected chi connectivity index (χ1v) is 2.27. The molecule has 0 aliphatic heterocycles. The molecular formula is C5H9O2-. The minimum atomic E-state index is -0.248. The zero-order chi connectivity index (χ0) is 5.70. The lowest BCUT2D eigenvalue weighted by atomic mass is 10.7. The molecule has 0 atom stereocenters. The first-order chi connectivity index (χ1) is 3.31. The molecule has 0 aliphatic rings. The third-order valence-corrected chi connectivity index (χ3v) is 0.522. The van der Waals surface area contributed by atoms with E-state index in [1.807, 2.05) is 0 Å². The van der Waals surface area contributed by atoms with Gasteiger partial charge in [-0.3, -0.25) is 0 Å². The molecule has 0 spiro atoms. The molecule has 0 aliphatic carbocycles. The van der Waals surface area contributed by atoms with E-state index in [1.165, 1.54) is 6.08 Å². The highest BCUT2D eigenvalue weighted by molar-refractivity contribution is 4.72. The van der Waals surface area contributed by atoms with Crippen molar-refractivity contribution in [2.24, 2.45) is 0 Å². The van der Waals surface area contributed by atoms with E-state index in [0.29, 0.717) is 6.61 Å². The van der Waals surface area contributed by atoms with E-state index in [-0.39, 0.29) is 5.95 Å². The summed E-state index contributed by atoms with van der Waals surface area (Å²) in [7, 11) is 0. The second kappa shape index (κ2) is 3.53. The van der Waals surface area contributed by atoms with Gasteiger partial charge < -0.3 is 9.84 Å². The van der Waals surface area contributed by atoms with Gasteiger partial charge in [-0.15, -0.1) is 0 Å². The summed E-state index contributed by atoms with van der Waals surface area (Å²) in [5.74, 6) is -0.248. The van der Waals surface area contributed by atoms with Crippen LogP contribution in [0.5, 0.6) is 0 Å². The Morgan fingerprint density at radius 2 is 2.43 bits per heavy atom. The first-order valence-electron chi connectivity index (χ1n) is 2.27. The summed E-state index contributed by atoms with van der Waals surface area (Å²) in [6, 6.07) is 0. The normalized spacial score (nSPS) is 11.4. The third-order valence-electron chi connectivity index (χ3n) is 0.522. The monoisotopic (exact) mass is 101 g/mol. The van der Waals surface area contributed by atoms with Gasteiger partial charge in [0.1, 0.15) is 0 Å². The van der Waals surface area contributed by atoms with E-state index in [9.17, 15) is 5.11 Å². The van der Waals surface area contributed by atoms with Gasteiger partial charge in [0, 0.05) is 5.95 Å². The van der Waals surface area contributed by atoms with E-state index in [1.54, 1.807) is 13.8 Å². The molecule has 0 fully saturated rings. The van der Waals surface area contributed by atoms with Crippen LogP contribution in [0.1, 0.15) is 13.8 Å². The van der Waals surface area contributed by atoms with Crippen molar-refractivity contribution in [1.29, 1.82) is 0 Å². The van der Waals surface area contributed by atoms with E-state index in [2.05, 4.69) is 4.74 Å². The van der Waals surface area contributed by atoms with Crippen molar-refractivity contribution in [3.8, 4) is 0 Å². The fourth-order valence-corrected chi connectivity index (χ4v) is 0.226. The van der Waals surface area contributed by atoms with E-state index in [4.69, 9.17) is 0 Å². The Morgan fingerprint density at radius 3 is 2.57 bits per heavy atom. The van der Waals surface area contributed by atoms with E-state index >= 15 is 0 Å². The molecule has 0 saturated carbocycles. The summed E-state index contributed by atoms with van der Waals surface area (Å²) in [6.07, 6.45) is 1.39. The zero-order valence-corrected chi connectivity index (χ0v) is 4.60. The van der Waals surface area contributed by atoms with Gasteiger partial charge in [-0.1, -0.05) is 13.0 Å². The molecule has 0 radical (unpaired) electrons. The molecule has 0 aromatic rings. The Labute approximate surface area is 43.4 Å². The summed E-state index contributed by atoms with van der Waals surface area (Å²) in [4.78, 5) is 0. The standard InChI is InChI=1S/C5H10O2/c1-3-5(6)7-4-2/h3,6H,4H2,1-2H3/p-1/b5-3+. The summed E-state index contributed by atoms with van der Waals surface area (Å²) in [6.45, 7) is 3.89. The zero-order valence-electron chi connectivity index (χ0n) is 4.60. The maximum atomic E-state index is 10.1. The van der Waals surface area contributed by atoms with Gasteiger partial charge in [0.2, 0.25) is 0 Å². The molecule has 0 N–H and O–H groups in total. The smallest absolute Gasteiger partial charge is 0.0468 e. The molecule has 0 aromatic heterocycles. The first kappa shape index (κ1) is 6.34. The maximum absolute atomic E-state index is 10.1. The molecule has 7 heavy (non-hydrogen) atoms. The Kier molecular flexibility index (Phi) is 3.19. The van der Waals surface area contributed by atoms with Crippen LogP contribution in [0.2, 0.25) is 0 Å². The predicted molar refractivity (Wildman–Crippen MR) is 25.4 cm³/mol. The van der Waals surface area contributed by atoms with Gasteiger partial charge in [0.15, 0.2) is 0 Å². The number of rotatable bonds is 2. The molecule has 0 bridgehead atoms. The lowest BCUT2D eigenvalue weighted by Crippen LogP contribution is -2.06. The summed E-state index contributed by atoms with van der Waals surface area (Å²) in [5.41, 5.74) is 0. The van der Waals surface area contributed by atoms with Crippen molar-refractivity contribution in [2.45, 2.75) is 13.8 Å². The van der Waals surface area contributed by atoms with Crippen molar-refractivity contribution in [2.75, 3.05) is 6.61 Å². The average molecular weight is 101 g/mol. The van der Waals surface area contributed by atoms with Crippen LogP contribution in [0.4, 0.5) is 0 Å². The quantitative estimate of drug-likeness (QED) is 0.467. The van der Waals surface area contributed by atoms with Crippen LogP contribution in [0.15, 0.2) is 12.0 Å². The van der Waals surface area contributed by atoms with E-state index < -0.39 is 0 Å². The number of hydrogen-bond acceptors (Lipinski definition) is 2. The summed E-state index contributed by atoms with van der Waals surface area (Å²) < 4.78 is 4.50.